The van der Waals surface area contributed by atoms with Crippen LogP contribution in [0.2, 0.25) is 0 Å². The Hall–Kier alpha value is -1.79. The zero-order valence-electron chi connectivity index (χ0n) is 14.1. The Morgan fingerprint density at radius 3 is 2.88 bits per heavy atom. The summed E-state index contributed by atoms with van der Waals surface area (Å²) in [4.78, 5) is 22.3. The third kappa shape index (κ3) is 3.60. The van der Waals surface area contributed by atoms with Crippen LogP contribution in [0.3, 0.4) is 0 Å². The lowest BCUT2D eigenvalue weighted by Crippen LogP contribution is -2.11. The molecule has 1 N–H and O–H groups in total. The highest BCUT2D eigenvalue weighted by Crippen LogP contribution is 2.34. The van der Waals surface area contributed by atoms with E-state index in [1.165, 1.54) is 40.6 Å². The van der Waals surface area contributed by atoms with Gasteiger partial charge in [0.15, 0.2) is 5.16 Å². The molecule has 1 aliphatic rings. The number of thioether (sulfide) groups is 1. The molecule has 1 aromatic carbocycles. The molecule has 25 heavy (non-hydrogen) atoms. The van der Waals surface area contributed by atoms with Crippen LogP contribution in [-0.4, -0.2) is 22.3 Å². The van der Waals surface area contributed by atoms with E-state index in [1.807, 2.05) is 24.3 Å². The molecule has 4 rings (SSSR count). The third-order valence-electron chi connectivity index (χ3n) is 4.42. The monoisotopic (exact) mass is 372 g/mol. The molecular weight excluding hydrogens is 352 g/mol. The van der Waals surface area contributed by atoms with E-state index in [2.05, 4.69) is 16.9 Å². The molecule has 0 atom stereocenters. The molecule has 0 radical (unpaired) electrons. The molecule has 0 spiro atoms. The number of ether oxygens (including phenoxy) is 1. The smallest absolute Gasteiger partial charge is 0.260 e. The average Bonchev–Trinajstić information content (AvgIpc) is 2.99. The van der Waals surface area contributed by atoms with E-state index in [4.69, 9.17) is 4.74 Å². The fourth-order valence-corrected chi connectivity index (χ4v) is 5.15. The van der Waals surface area contributed by atoms with Gasteiger partial charge in [-0.1, -0.05) is 29.5 Å². The first-order valence-corrected chi connectivity index (χ1v) is 10.4. The number of rotatable bonds is 5. The number of nitrogens with zero attached hydrogens (tertiary/aromatic N) is 1. The number of aromatic amines is 1. The Labute approximate surface area is 154 Å². The molecule has 4 nitrogen and oxygen atoms in total. The van der Waals surface area contributed by atoms with Crippen molar-refractivity contribution < 1.29 is 4.74 Å². The first kappa shape index (κ1) is 16.7. The molecule has 0 unspecified atom stereocenters. The molecule has 130 valence electrons. The van der Waals surface area contributed by atoms with Crippen LogP contribution in [0.25, 0.3) is 10.2 Å². The quantitative estimate of drug-likeness (QED) is 0.411. The van der Waals surface area contributed by atoms with Crippen LogP contribution >= 0.6 is 23.1 Å². The zero-order chi connectivity index (χ0) is 17.2. The molecule has 0 fully saturated rings. The highest BCUT2D eigenvalue weighted by molar-refractivity contribution is 7.99. The average molecular weight is 373 g/mol. The minimum atomic E-state index is 0.00588. The number of benzene rings is 1. The van der Waals surface area contributed by atoms with Crippen LogP contribution in [0, 0.1) is 6.92 Å². The number of nitrogens with one attached hydrogen (secondary N) is 1. The lowest BCUT2D eigenvalue weighted by molar-refractivity contribution is 0.344. The van der Waals surface area contributed by atoms with Crippen molar-refractivity contribution in [2.24, 2.45) is 0 Å². The van der Waals surface area contributed by atoms with E-state index in [0.717, 1.165) is 34.6 Å². The van der Waals surface area contributed by atoms with Crippen molar-refractivity contribution in [1.29, 1.82) is 0 Å². The Morgan fingerprint density at radius 2 is 2.04 bits per heavy atom. The Bertz CT molecular complexity index is 944. The number of aromatic nitrogens is 2. The van der Waals surface area contributed by atoms with Crippen molar-refractivity contribution in [2.45, 2.75) is 37.8 Å². The maximum Gasteiger partial charge on any atom is 0.260 e. The second kappa shape index (κ2) is 7.22. The van der Waals surface area contributed by atoms with E-state index in [9.17, 15) is 4.79 Å². The van der Waals surface area contributed by atoms with Gasteiger partial charge in [-0.05, 0) is 50.3 Å². The minimum Gasteiger partial charge on any atom is -0.493 e. The van der Waals surface area contributed by atoms with E-state index >= 15 is 0 Å². The van der Waals surface area contributed by atoms with E-state index in [0.29, 0.717) is 11.8 Å². The summed E-state index contributed by atoms with van der Waals surface area (Å²) >= 11 is 3.22. The van der Waals surface area contributed by atoms with Gasteiger partial charge in [0.25, 0.3) is 5.56 Å². The van der Waals surface area contributed by atoms with Gasteiger partial charge in [-0.2, -0.15) is 0 Å². The molecule has 3 aromatic rings. The highest BCUT2D eigenvalue weighted by Gasteiger charge is 2.19. The van der Waals surface area contributed by atoms with Gasteiger partial charge in [0.05, 0.1) is 12.0 Å². The molecule has 0 saturated heterocycles. The molecule has 0 amide bonds. The van der Waals surface area contributed by atoms with Crippen LogP contribution in [-0.2, 0) is 12.8 Å². The van der Waals surface area contributed by atoms with Crippen molar-refractivity contribution in [3.63, 3.8) is 0 Å². The van der Waals surface area contributed by atoms with Gasteiger partial charge in [-0.3, -0.25) is 4.79 Å². The summed E-state index contributed by atoms with van der Waals surface area (Å²) in [5.74, 6) is 1.61. The number of hydrogen-bond acceptors (Lipinski definition) is 5. The molecule has 2 heterocycles. The van der Waals surface area contributed by atoms with E-state index in [-0.39, 0.29) is 5.56 Å². The van der Waals surface area contributed by atoms with Gasteiger partial charge in [-0.25, -0.2) is 4.98 Å². The Balaban J connectivity index is 1.43. The second-order valence-electron chi connectivity index (χ2n) is 6.27. The number of hydrogen-bond donors (Lipinski definition) is 1. The number of fused-ring (bicyclic) bond motifs is 3. The first-order valence-electron chi connectivity index (χ1n) is 8.57. The summed E-state index contributed by atoms with van der Waals surface area (Å²) in [5.41, 5.74) is 2.46. The lowest BCUT2D eigenvalue weighted by Gasteiger charge is -2.09. The largest absolute Gasteiger partial charge is 0.493 e. The third-order valence-corrected chi connectivity index (χ3v) is 6.44. The van der Waals surface area contributed by atoms with Crippen LogP contribution in [0.4, 0.5) is 0 Å². The maximum atomic E-state index is 12.5. The predicted molar refractivity (Wildman–Crippen MR) is 104 cm³/mol. The number of aryl methyl sites for hydroxylation is 3. The molecule has 6 heteroatoms. The number of H-pyrrole nitrogens is 1. The molecular formula is C19H20N2O2S2. The van der Waals surface area contributed by atoms with Gasteiger partial charge < -0.3 is 9.72 Å². The van der Waals surface area contributed by atoms with Crippen molar-refractivity contribution in [1.82, 2.24) is 9.97 Å². The Kier molecular flexibility index (Phi) is 4.81. The van der Waals surface area contributed by atoms with E-state index < -0.39 is 0 Å². The fraction of sp³-hybridized carbons (Fsp3) is 0.368. The normalized spacial score (nSPS) is 13.8. The van der Waals surface area contributed by atoms with Gasteiger partial charge in [-0.15, -0.1) is 11.3 Å². The lowest BCUT2D eigenvalue weighted by atomic mass is 9.97. The van der Waals surface area contributed by atoms with E-state index in [1.54, 1.807) is 11.3 Å². The van der Waals surface area contributed by atoms with Gasteiger partial charge in [0, 0.05) is 10.6 Å². The summed E-state index contributed by atoms with van der Waals surface area (Å²) in [6.45, 7) is 2.64. The van der Waals surface area contributed by atoms with Gasteiger partial charge >= 0.3 is 0 Å². The zero-order valence-corrected chi connectivity index (χ0v) is 15.8. The summed E-state index contributed by atoms with van der Waals surface area (Å²) in [7, 11) is 0. The predicted octanol–water partition coefficient (Wildman–Crippen LogP) is 4.34. The fourth-order valence-electron chi connectivity index (χ4n) is 3.14. The molecule has 1 aliphatic carbocycles. The van der Waals surface area contributed by atoms with Crippen molar-refractivity contribution in [3.8, 4) is 5.75 Å². The second-order valence-corrected chi connectivity index (χ2v) is 8.44. The summed E-state index contributed by atoms with van der Waals surface area (Å²) in [5, 5.41) is 1.50. The van der Waals surface area contributed by atoms with Crippen LogP contribution in [0.15, 0.2) is 34.2 Å². The van der Waals surface area contributed by atoms with Gasteiger partial charge in [0.1, 0.15) is 10.6 Å². The molecule has 0 aliphatic heterocycles. The van der Waals surface area contributed by atoms with Crippen molar-refractivity contribution in [2.75, 3.05) is 12.4 Å². The van der Waals surface area contributed by atoms with Gasteiger partial charge in [0.2, 0.25) is 0 Å². The summed E-state index contributed by atoms with van der Waals surface area (Å²) < 4.78 is 5.73. The Morgan fingerprint density at radius 1 is 1.24 bits per heavy atom. The topological polar surface area (TPSA) is 55.0 Å². The minimum absolute atomic E-state index is 0.00588. The first-order chi connectivity index (χ1) is 12.2. The van der Waals surface area contributed by atoms with Crippen LogP contribution in [0.5, 0.6) is 5.75 Å². The summed E-state index contributed by atoms with van der Waals surface area (Å²) in [6.07, 6.45) is 4.49. The summed E-state index contributed by atoms with van der Waals surface area (Å²) in [6, 6.07) is 8.02. The van der Waals surface area contributed by atoms with Crippen LogP contribution in [0.1, 0.15) is 28.8 Å². The molecule has 0 bridgehead atoms. The van der Waals surface area contributed by atoms with Crippen LogP contribution < -0.4 is 10.3 Å². The maximum absolute atomic E-state index is 12.5. The number of thiophene rings is 1. The molecule has 0 saturated carbocycles. The van der Waals surface area contributed by atoms with Crippen molar-refractivity contribution in [3.05, 3.63) is 50.6 Å². The van der Waals surface area contributed by atoms with Crippen molar-refractivity contribution >= 4 is 33.3 Å². The SMILES string of the molecule is Cc1ccc(OCCSc2nc3sc4c(c3c(=O)[nH]2)CCCC4)cc1. The molecule has 2 aromatic heterocycles. The standard InChI is InChI=1S/C19H20N2O2S2/c1-12-6-8-13(9-7-12)23-10-11-24-19-20-17(22)16-14-4-2-3-5-15(14)25-18(16)21-19/h6-9H,2-5,10-11H2,1H3,(H,20,21,22). The highest BCUT2D eigenvalue weighted by atomic mass is 32.2.